The first-order chi connectivity index (χ1) is 10.1. The first kappa shape index (κ1) is 17.3. The second-order valence-corrected chi connectivity index (χ2v) is 4.89. The maximum atomic E-state index is 11.0. The molecule has 0 amide bonds. The number of esters is 1. The lowest BCUT2D eigenvalue weighted by atomic mass is 10.0. The van der Waals surface area contributed by atoms with E-state index in [2.05, 4.69) is 11.7 Å². The number of benzene rings is 1. The number of methoxy groups -OCH3 is 2. The molecule has 1 aromatic carbocycles. The van der Waals surface area contributed by atoms with Gasteiger partial charge in [0.25, 0.3) is 0 Å². The largest absolute Gasteiger partial charge is 0.493 e. The molecule has 5 nitrogen and oxygen atoms in total. The van der Waals surface area contributed by atoms with Crippen molar-refractivity contribution in [2.75, 3.05) is 20.8 Å². The molecule has 0 aromatic heterocycles. The molecule has 0 aliphatic heterocycles. The minimum absolute atomic E-state index is 0.144. The van der Waals surface area contributed by atoms with Crippen LogP contribution < -0.4 is 15.2 Å². The van der Waals surface area contributed by atoms with Crippen LogP contribution in [-0.4, -0.2) is 32.8 Å². The van der Waals surface area contributed by atoms with Gasteiger partial charge in [-0.05, 0) is 37.0 Å². The summed E-state index contributed by atoms with van der Waals surface area (Å²) in [5.41, 5.74) is 7.09. The highest BCUT2D eigenvalue weighted by Gasteiger charge is 2.09. The number of nitrogens with two attached hydrogens (primary N) is 1. The quantitative estimate of drug-likeness (QED) is 0.559. The minimum Gasteiger partial charge on any atom is -0.493 e. The van der Waals surface area contributed by atoms with E-state index in [4.69, 9.17) is 15.2 Å². The van der Waals surface area contributed by atoms with Crippen LogP contribution in [0.2, 0.25) is 0 Å². The van der Waals surface area contributed by atoms with Gasteiger partial charge in [0.05, 0.1) is 20.8 Å². The molecule has 0 spiro atoms. The minimum atomic E-state index is -0.228. The van der Waals surface area contributed by atoms with Crippen molar-refractivity contribution < 1.29 is 19.0 Å². The Bertz CT molecular complexity index is 448. The number of hydrogen-bond acceptors (Lipinski definition) is 5. The zero-order valence-electron chi connectivity index (χ0n) is 13.1. The highest BCUT2D eigenvalue weighted by atomic mass is 16.5. The zero-order chi connectivity index (χ0) is 15.7. The molecule has 0 saturated heterocycles. The molecule has 118 valence electrons. The lowest BCUT2D eigenvalue weighted by Crippen LogP contribution is -2.21. The van der Waals surface area contributed by atoms with Gasteiger partial charge in [-0.25, -0.2) is 0 Å². The van der Waals surface area contributed by atoms with E-state index in [1.54, 1.807) is 7.11 Å². The van der Waals surface area contributed by atoms with Crippen molar-refractivity contribution in [1.82, 2.24) is 0 Å². The molecule has 5 heteroatoms. The lowest BCUT2D eigenvalue weighted by Gasteiger charge is -2.14. The first-order valence-corrected chi connectivity index (χ1v) is 7.22. The SMILES string of the molecule is CCC(N)Cc1ccc(OC)c(OCCCC(=O)OC)c1. The van der Waals surface area contributed by atoms with Gasteiger partial charge in [0.1, 0.15) is 0 Å². The molecule has 1 rings (SSSR count). The molecule has 1 unspecified atom stereocenters. The van der Waals surface area contributed by atoms with Gasteiger partial charge in [-0.2, -0.15) is 0 Å². The molecule has 0 heterocycles. The van der Waals surface area contributed by atoms with E-state index in [0.29, 0.717) is 30.9 Å². The topological polar surface area (TPSA) is 70.8 Å². The van der Waals surface area contributed by atoms with E-state index in [0.717, 1.165) is 18.4 Å². The van der Waals surface area contributed by atoms with Crippen molar-refractivity contribution in [2.24, 2.45) is 5.73 Å². The molecular formula is C16H25NO4. The smallest absolute Gasteiger partial charge is 0.305 e. The second kappa shape index (κ2) is 9.23. The van der Waals surface area contributed by atoms with Crippen LogP contribution in [0.15, 0.2) is 18.2 Å². The van der Waals surface area contributed by atoms with Crippen molar-refractivity contribution in [2.45, 2.75) is 38.6 Å². The maximum Gasteiger partial charge on any atom is 0.305 e. The summed E-state index contributed by atoms with van der Waals surface area (Å²) >= 11 is 0. The van der Waals surface area contributed by atoms with Crippen molar-refractivity contribution in [3.05, 3.63) is 23.8 Å². The van der Waals surface area contributed by atoms with Gasteiger partial charge in [0, 0.05) is 12.5 Å². The molecule has 0 aliphatic rings. The van der Waals surface area contributed by atoms with Crippen LogP contribution >= 0.6 is 0 Å². The fourth-order valence-corrected chi connectivity index (χ4v) is 1.91. The molecule has 1 atom stereocenters. The van der Waals surface area contributed by atoms with Crippen molar-refractivity contribution >= 4 is 5.97 Å². The number of ether oxygens (including phenoxy) is 3. The maximum absolute atomic E-state index is 11.0. The van der Waals surface area contributed by atoms with Crippen LogP contribution in [0.3, 0.4) is 0 Å². The Kier molecular flexibility index (Phi) is 7.61. The average molecular weight is 295 g/mol. The van der Waals surface area contributed by atoms with E-state index in [1.807, 2.05) is 18.2 Å². The van der Waals surface area contributed by atoms with Gasteiger partial charge in [0.2, 0.25) is 0 Å². The van der Waals surface area contributed by atoms with E-state index >= 15 is 0 Å². The fourth-order valence-electron chi connectivity index (χ4n) is 1.91. The average Bonchev–Trinajstić information content (AvgIpc) is 2.51. The summed E-state index contributed by atoms with van der Waals surface area (Å²) in [7, 11) is 2.99. The van der Waals surface area contributed by atoms with Crippen LogP contribution in [0.25, 0.3) is 0 Å². The molecule has 0 radical (unpaired) electrons. The third-order valence-corrected chi connectivity index (χ3v) is 3.26. The second-order valence-electron chi connectivity index (χ2n) is 4.89. The van der Waals surface area contributed by atoms with Gasteiger partial charge in [-0.3, -0.25) is 4.79 Å². The van der Waals surface area contributed by atoms with Gasteiger partial charge in [0.15, 0.2) is 11.5 Å². The third-order valence-electron chi connectivity index (χ3n) is 3.26. The molecule has 0 saturated carbocycles. The van der Waals surface area contributed by atoms with Crippen LogP contribution in [0, 0.1) is 0 Å². The summed E-state index contributed by atoms with van der Waals surface area (Å²) in [5.74, 6) is 1.14. The van der Waals surface area contributed by atoms with Crippen LogP contribution in [0.4, 0.5) is 0 Å². The van der Waals surface area contributed by atoms with Gasteiger partial charge in [-0.15, -0.1) is 0 Å². The van der Waals surface area contributed by atoms with Crippen molar-refractivity contribution in [3.8, 4) is 11.5 Å². The highest BCUT2D eigenvalue weighted by Crippen LogP contribution is 2.28. The normalized spacial score (nSPS) is 11.8. The van der Waals surface area contributed by atoms with Crippen LogP contribution in [0.1, 0.15) is 31.7 Å². The number of hydrogen-bond donors (Lipinski definition) is 1. The number of carbonyl (C=O) groups is 1. The van der Waals surface area contributed by atoms with Gasteiger partial charge >= 0.3 is 5.97 Å². The number of carbonyl (C=O) groups excluding carboxylic acids is 1. The lowest BCUT2D eigenvalue weighted by molar-refractivity contribution is -0.140. The monoisotopic (exact) mass is 295 g/mol. The molecule has 0 aliphatic carbocycles. The number of rotatable bonds is 9. The Morgan fingerprint density at radius 1 is 1.29 bits per heavy atom. The Labute approximate surface area is 126 Å². The predicted molar refractivity (Wildman–Crippen MR) is 81.7 cm³/mol. The molecule has 0 fully saturated rings. The predicted octanol–water partition coefficient (Wildman–Crippen LogP) is 2.31. The van der Waals surface area contributed by atoms with E-state index < -0.39 is 0 Å². The standard InChI is InChI=1S/C16H25NO4/c1-4-13(17)10-12-7-8-14(19-2)15(11-12)21-9-5-6-16(18)20-3/h7-8,11,13H,4-6,9-10,17H2,1-3H3. The van der Waals surface area contributed by atoms with Crippen LogP contribution in [-0.2, 0) is 16.0 Å². The van der Waals surface area contributed by atoms with Gasteiger partial charge < -0.3 is 19.9 Å². The summed E-state index contributed by atoms with van der Waals surface area (Å²) in [4.78, 5) is 11.0. The van der Waals surface area contributed by atoms with Crippen molar-refractivity contribution in [1.29, 1.82) is 0 Å². The van der Waals surface area contributed by atoms with E-state index in [1.165, 1.54) is 7.11 Å². The first-order valence-electron chi connectivity index (χ1n) is 7.22. The van der Waals surface area contributed by atoms with Gasteiger partial charge in [-0.1, -0.05) is 13.0 Å². The Morgan fingerprint density at radius 3 is 2.67 bits per heavy atom. The van der Waals surface area contributed by atoms with E-state index in [9.17, 15) is 4.79 Å². The molecule has 1 aromatic rings. The molecule has 2 N–H and O–H groups in total. The summed E-state index contributed by atoms with van der Waals surface area (Å²) < 4.78 is 15.6. The van der Waals surface area contributed by atoms with Crippen LogP contribution in [0.5, 0.6) is 11.5 Å². The Morgan fingerprint density at radius 2 is 2.05 bits per heavy atom. The zero-order valence-corrected chi connectivity index (χ0v) is 13.1. The summed E-state index contributed by atoms with van der Waals surface area (Å²) in [6, 6.07) is 5.97. The summed E-state index contributed by atoms with van der Waals surface area (Å²) in [6.45, 7) is 2.51. The molecular weight excluding hydrogens is 270 g/mol. The molecule has 0 bridgehead atoms. The molecule has 21 heavy (non-hydrogen) atoms. The Balaban J connectivity index is 2.61. The third kappa shape index (κ3) is 6.04. The summed E-state index contributed by atoms with van der Waals surface area (Å²) in [5, 5.41) is 0. The Hall–Kier alpha value is -1.75. The van der Waals surface area contributed by atoms with E-state index in [-0.39, 0.29) is 12.0 Å². The summed E-state index contributed by atoms with van der Waals surface area (Å²) in [6.07, 6.45) is 2.69. The fraction of sp³-hybridized carbons (Fsp3) is 0.562. The van der Waals surface area contributed by atoms with Crippen molar-refractivity contribution in [3.63, 3.8) is 0 Å². The highest BCUT2D eigenvalue weighted by molar-refractivity contribution is 5.69.